The summed E-state index contributed by atoms with van der Waals surface area (Å²) in [5.41, 5.74) is 1.02. The molecule has 0 atom stereocenters. The Morgan fingerprint density at radius 2 is 2.14 bits per heavy atom. The van der Waals surface area contributed by atoms with Crippen LogP contribution in [-0.2, 0) is 4.79 Å². The summed E-state index contributed by atoms with van der Waals surface area (Å²) in [6.45, 7) is 1.63. The predicted molar refractivity (Wildman–Crippen MR) is 81.6 cm³/mol. The lowest BCUT2D eigenvalue weighted by Crippen LogP contribution is -2.20. The maximum absolute atomic E-state index is 11.8. The van der Waals surface area contributed by atoms with Gasteiger partial charge in [0.05, 0.1) is 10.6 Å². The number of anilines is 1. The summed E-state index contributed by atoms with van der Waals surface area (Å²) in [4.78, 5) is 22.7. The third kappa shape index (κ3) is 3.96. The third-order valence-electron chi connectivity index (χ3n) is 2.59. The number of hydrogen-bond acceptors (Lipinski definition) is 4. The molecule has 7 heteroatoms. The van der Waals surface area contributed by atoms with Crippen molar-refractivity contribution >= 4 is 39.8 Å². The number of amides is 1. The van der Waals surface area contributed by atoms with Gasteiger partial charge in [0.15, 0.2) is 6.61 Å². The topological polar surface area (TPSA) is 75.6 Å². The average molecular weight is 326 g/mol. The van der Waals surface area contributed by atoms with Crippen LogP contribution in [0.2, 0.25) is 5.02 Å². The van der Waals surface area contributed by atoms with Gasteiger partial charge >= 0.3 is 5.97 Å². The molecule has 0 aliphatic rings. The van der Waals surface area contributed by atoms with E-state index in [0.29, 0.717) is 10.8 Å². The number of halogens is 1. The number of ether oxygens (including phenoxy) is 1. The fourth-order valence-corrected chi connectivity index (χ4v) is 2.57. The number of thiophene rings is 1. The molecule has 1 aromatic heterocycles. The van der Waals surface area contributed by atoms with Crippen LogP contribution in [-0.4, -0.2) is 23.6 Å². The molecule has 21 heavy (non-hydrogen) atoms. The molecule has 5 nitrogen and oxygen atoms in total. The van der Waals surface area contributed by atoms with E-state index in [1.807, 2.05) is 13.0 Å². The van der Waals surface area contributed by atoms with Gasteiger partial charge in [-0.25, -0.2) is 4.79 Å². The first-order valence-corrected chi connectivity index (χ1v) is 7.22. The van der Waals surface area contributed by atoms with Crippen LogP contribution in [0.1, 0.15) is 15.9 Å². The van der Waals surface area contributed by atoms with Crippen molar-refractivity contribution < 1.29 is 19.4 Å². The predicted octanol–water partition coefficient (Wildman–Crippen LogP) is 3.43. The molecule has 1 aromatic carbocycles. The van der Waals surface area contributed by atoms with Crippen LogP contribution in [0.5, 0.6) is 5.75 Å². The molecule has 2 aromatic rings. The molecular weight excluding hydrogens is 314 g/mol. The van der Waals surface area contributed by atoms with Gasteiger partial charge < -0.3 is 15.2 Å². The quantitative estimate of drug-likeness (QED) is 0.883. The zero-order valence-electron chi connectivity index (χ0n) is 11.1. The summed E-state index contributed by atoms with van der Waals surface area (Å²) in [5, 5.41) is 13.7. The van der Waals surface area contributed by atoms with Gasteiger partial charge in [-0.05, 0) is 36.1 Å². The van der Waals surface area contributed by atoms with E-state index in [9.17, 15) is 9.59 Å². The number of hydrogen-bond donors (Lipinski definition) is 2. The van der Waals surface area contributed by atoms with Gasteiger partial charge in [-0.1, -0.05) is 17.7 Å². The van der Waals surface area contributed by atoms with Crippen molar-refractivity contribution in [3.05, 3.63) is 45.8 Å². The van der Waals surface area contributed by atoms with Crippen LogP contribution in [0.4, 0.5) is 5.00 Å². The molecule has 0 fully saturated rings. The maximum Gasteiger partial charge on any atom is 0.338 e. The van der Waals surface area contributed by atoms with Crippen LogP contribution in [0.15, 0.2) is 29.6 Å². The minimum Gasteiger partial charge on any atom is -0.482 e. The highest BCUT2D eigenvalue weighted by Crippen LogP contribution is 2.26. The molecule has 0 radical (unpaired) electrons. The molecule has 0 unspecified atom stereocenters. The minimum absolute atomic E-state index is 0.0573. The first-order chi connectivity index (χ1) is 9.97. The smallest absolute Gasteiger partial charge is 0.338 e. The zero-order valence-corrected chi connectivity index (χ0v) is 12.6. The number of carboxylic acids is 1. The summed E-state index contributed by atoms with van der Waals surface area (Å²) in [6, 6.07) is 6.68. The van der Waals surface area contributed by atoms with E-state index >= 15 is 0 Å². The van der Waals surface area contributed by atoms with E-state index in [4.69, 9.17) is 21.4 Å². The fraction of sp³-hybridized carbons (Fsp3) is 0.143. The largest absolute Gasteiger partial charge is 0.482 e. The number of nitrogens with one attached hydrogen (secondary N) is 1. The van der Waals surface area contributed by atoms with Gasteiger partial charge in [0, 0.05) is 0 Å². The van der Waals surface area contributed by atoms with Crippen molar-refractivity contribution in [2.75, 3.05) is 11.9 Å². The number of rotatable bonds is 5. The van der Waals surface area contributed by atoms with Crippen molar-refractivity contribution in [3.8, 4) is 5.75 Å². The number of aryl methyl sites for hydroxylation is 1. The van der Waals surface area contributed by atoms with Gasteiger partial charge in [0.1, 0.15) is 10.8 Å². The maximum atomic E-state index is 11.8. The van der Waals surface area contributed by atoms with E-state index in [2.05, 4.69) is 5.32 Å². The number of benzene rings is 1. The van der Waals surface area contributed by atoms with Crippen molar-refractivity contribution in [1.82, 2.24) is 0 Å². The average Bonchev–Trinajstić information content (AvgIpc) is 2.88. The highest BCUT2D eigenvalue weighted by atomic mass is 35.5. The summed E-state index contributed by atoms with van der Waals surface area (Å²) in [5.74, 6) is -1.12. The molecule has 110 valence electrons. The van der Waals surface area contributed by atoms with Crippen LogP contribution in [0, 0.1) is 6.92 Å². The van der Waals surface area contributed by atoms with Crippen molar-refractivity contribution in [2.24, 2.45) is 0 Å². The van der Waals surface area contributed by atoms with E-state index in [-0.39, 0.29) is 17.2 Å². The molecule has 0 saturated carbocycles. The molecule has 1 heterocycles. The summed E-state index contributed by atoms with van der Waals surface area (Å²) >= 11 is 7.10. The van der Waals surface area contributed by atoms with Crippen molar-refractivity contribution in [3.63, 3.8) is 0 Å². The Balaban J connectivity index is 1.98. The van der Waals surface area contributed by atoms with Crippen molar-refractivity contribution in [1.29, 1.82) is 0 Å². The second kappa shape index (κ2) is 6.60. The Morgan fingerprint density at radius 3 is 2.86 bits per heavy atom. The lowest BCUT2D eigenvalue weighted by molar-refractivity contribution is -0.118. The second-order valence-corrected chi connectivity index (χ2v) is 5.56. The summed E-state index contributed by atoms with van der Waals surface area (Å²) in [7, 11) is 0. The van der Waals surface area contributed by atoms with Gasteiger partial charge in [-0.2, -0.15) is 0 Å². The lowest BCUT2D eigenvalue weighted by atomic mass is 10.2. The van der Waals surface area contributed by atoms with Gasteiger partial charge in [-0.15, -0.1) is 11.3 Å². The summed E-state index contributed by atoms with van der Waals surface area (Å²) < 4.78 is 5.34. The zero-order chi connectivity index (χ0) is 15.4. The van der Waals surface area contributed by atoms with Gasteiger partial charge in [0.2, 0.25) is 0 Å². The highest BCUT2D eigenvalue weighted by Gasteiger charge is 2.14. The minimum atomic E-state index is -1.09. The van der Waals surface area contributed by atoms with E-state index in [0.717, 1.165) is 16.9 Å². The first kappa shape index (κ1) is 15.3. The standard InChI is InChI=1S/C14H12ClNO4S/c1-8-2-3-10(15)11(6-8)20-7-12(17)16-13-9(14(18)19)4-5-21-13/h2-6H,7H2,1H3,(H,16,17)(H,18,19). The van der Waals surface area contributed by atoms with Gasteiger partial charge in [-0.3, -0.25) is 4.79 Å². The molecule has 0 bridgehead atoms. The van der Waals surface area contributed by atoms with Crippen LogP contribution in [0.25, 0.3) is 0 Å². The Bertz CT molecular complexity index is 683. The van der Waals surface area contributed by atoms with E-state index < -0.39 is 11.9 Å². The monoisotopic (exact) mass is 325 g/mol. The first-order valence-electron chi connectivity index (χ1n) is 5.97. The second-order valence-electron chi connectivity index (χ2n) is 4.24. The molecule has 2 rings (SSSR count). The third-order valence-corrected chi connectivity index (χ3v) is 3.74. The number of carboxylic acid groups (broad SMARTS) is 1. The summed E-state index contributed by atoms with van der Waals surface area (Å²) in [6.07, 6.45) is 0. The Hall–Kier alpha value is -2.05. The molecule has 0 aliphatic carbocycles. The molecule has 0 saturated heterocycles. The Labute approximate surface area is 130 Å². The van der Waals surface area contributed by atoms with E-state index in [1.165, 1.54) is 6.07 Å². The molecular formula is C14H12ClNO4S. The number of carbonyl (C=O) groups excluding carboxylic acids is 1. The van der Waals surface area contributed by atoms with Crippen molar-refractivity contribution in [2.45, 2.75) is 6.92 Å². The van der Waals surface area contributed by atoms with Crippen LogP contribution >= 0.6 is 22.9 Å². The number of aromatic carboxylic acids is 1. The fourth-order valence-electron chi connectivity index (χ4n) is 1.60. The number of carbonyl (C=O) groups is 2. The van der Waals surface area contributed by atoms with Crippen LogP contribution < -0.4 is 10.1 Å². The molecule has 2 N–H and O–H groups in total. The van der Waals surface area contributed by atoms with Crippen LogP contribution in [0.3, 0.4) is 0 Å². The van der Waals surface area contributed by atoms with Gasteiger partial charge in [0.25, 0.3) is 5.91 Å². The lowest BCUT2D eigenvalue weighted by Gasteiger charge is -2.09. The van der Waals surface area contributed by atoms with E-state index in [1.54, 1.807) is 17.5 Å². The SMILES string of the molecule is Cc1ccc(Cl)c(OCC(=O)Nc2sccc2C(=O)O)c1. The Morgan fingerprint density at radius 1 is 1.38 bits per heavy atom. The molecule has 0 spiro atoms. The highest BCUT2D eigenvalue weighted by molar-refractivity contribution is 7.14. The normalized spacial score (nSPS) is 10.2. The Kier molecular flexibility index (Phi) is 4.82. The molecule has 1 amide bonds. The molecule has 0 aliphatic heterocycles.